The molecule has 5 nitrogen and oxygen atoms in total. The predicted molar refractivity (Wildman–Crippen MR) is 80.5 cm³/mol. The van der Waals surface area contributed by atoms with Crippen LogP contribution in [0.3, 0.4) is 0 Å². The Bertz CT molecular complexity index is 518. The van der Waals surface area contributed by atoms with Gasteiger partial charge in [-0.3, -0.25) is 4.79 Å². The second-order valence-corrected chi connectivity index (χ2v) is 6.19. The fourth-order valence-corrected chi connectivity index (χ4v) is 3.18. The van der Waals surface area contributed by atoms with Gasteiger partial charge in [0.2, 0.25) is 0 Å². The molecule has 2 unspecified atom stereocenters. The van der Waals surface area contributed by atoms with Gasteiger partial charge < -0.3 is 15.0 Å². The van der Waals surface area contributed by atoms with Crippen molar-refractivity contribution in [2.24, 2.45) is 0 Å². The van der Waals surface area contributed by atoms with Gasteiger partial charge in [-0.25, -0.2) is 4.98 Å². The summed E-state index contributed by atoms with van der Waals surface area (Å²) in [5.74, 6) is 0.570. The lowest BCUT2D eigenvalue weighted by Crippen LogP contribution is -2.39. The van der Waals surface area contributed by atoms with E-state index in [1.54, 1.807) is 12.3 Å². The monoisotopic (exact) mass is 289 g/mol. The highest BCUT2D eigenvalue weighted by atomic mass is 16.5. The van der Waals surface area contributed by atoms with E-state index in [2.05, 4.69) is 10.3 Å². The molecule has 0 radical (unpaired) electrons. The number of fused-ring (bicyclic) bond motifs is 2. The molecule has 1 aromatic rings. The molecule has 5 heteroatoms. The number of carbonyl (C=O) groups excluding carboxylic acids is 1. The second kappa shape index (κ2) is 6.02. The Kier molecular flexibility index (Phi) is 4.10. The summed E-state index contributed by atoms with van der Waals surface area (Å²) in [5.41, 5.74) is 0.434. The van der Waals surface area contributed by atoms with Crippen LogP contribution in [0.25, 0.3) is 0 Å². The number of ether oxygens (including phenoxy) is 1. The summed E-state index contributed by atoms with van der Waals surface area (Å²) >= 11 is 0. The summed E-state index contributed by atoms with van der Waals surface area (Å²) in [6.07, 6.45) is 5.10. The number of aromatic nitrogens is 1. The molecule has 1 aromatic heterocycles. The number of rotatable bonds is 3. The van der Waals surface area contributed by atoms with Gasteiger partial charge in [0, 0.05) is 31.4 Å². The maximum atomic E-state index is 12.8. The van der Waals surface area contributed by atoms with Gasteiger partial charge in [-0.05, 0) is 45.2 Å². The number of hydrogen-bond acceptors (Lipinski definition) is 4. The van der Waals surface area contributed by atoms with Gasteiger partial charge in [0.25, 0.3) is 5.91 Å². The topological polar surface area (TPSA) is 54.5 Å². The summed E-state index contributed by atoms with van der Waals surface area (Å²) in [6, 6.07) is 4.63. The van der Waals surface area contributed by atoms with Crippen LogP contribution in [0.4, 0.5) is 0 Å². The van der Waals surface area contributed by atoms with E-state index in [1.807, 2.05) is 24.8 Å². The second-order valence-electron chi connectivity index (χ2n) is 6.19. The quantitative estimate of drug-likeness (QED) is 0.922. The van der Waals surface area contributed by atoms with Crippen molar-refractivity contribution in [1.29, 1.82) is 0 Å². The number of nitrogens with one attached hydrogen (secondary N) is 1. The molecule has 2 aliphatic heterocycles. The van der Waals surface area contributed by atoms with Gasteiger partial charge in [0.15, 0.2) is 11.4 Å². The summed E-state index contributed by atoms with van der Waals surface area (Å²) < 4.78 is 5.72. The molecule has 0 spiro atoms. The van der Waals surface area contributed by atoms with E-state index >= 15 is 0 Å². The van der Waals surface area contributed by atoms with Gasteiger partial charge in [0.05, 0.1) is 6.10 Å². The minimum absolute atomic E-state index is 0.0133. The van der Waals surface area contributed by atoms with Gasteiger partial charge in [0.1, 0.15) is 0 Å². The lowest BCUT2D eigenvalue weighted by molar-refractivity contribution is 0.0735. The molecule has 0 aliphatic carbocycles. The first kappa shape index (κ1) is 14.3. The lowest BCUT2D eigenvalue weighted by atomic mass is 10.1. The third-order valence-electron chi connectivity index (χ3n) is 4.15. The maximum absolute atomic E-state index is 12.8. The number of carbonyl (C=O) groups is 1. The zero-order chi connectivity index (χ0) is 14.8. The molecule has 21 heavy (non-hydrogen) atoms. The zero-order valence-electron chi connectivity index (χ0n) is 12.7. The Morgan fingerprint density at radius 1 is 1.38 bits per heavy atom. The van der Waals surface area contributed by atoms with Crippen LogP contribution < -0.4 is 10.1 Å². The Morgan fingerprint density at radius 2 is 2.19 bits per heavy atom. The molecule has 2 atom stereocenters. The van der Waals surface area contributed by atoms with Crippen LogP contribution >= 0.6 is 0 Å². The van der Waals surface area contributed by atoms with Crippen LogP contribution in [0.15, 0.2) is 18.3 Å². The molecule has 0 saturated carbocycles. The van der Waals surface area contributed by atoms with E-state index in [0.717, 1.165) is 25.9 Å². The number of pyridine rings is 1. The number of nitrogens with zero attached hydrogens (tertiary/aromatic N) is 2. The average Bonchev–Trinajstić information content (AvgIpc) is 2.77. The lowest BCUT2D eigenvalue weighted by Gasteiger charge is -2.25. The first-order valence-corrected chi connectivity index (χ1v) is 7.80. The molecule has 0 aromatic carbocycles. The zero-order valence-corrected chi connectivity index (χ0v) is 12.7. The highest BCUT2D eigenvalue weighted by Gasteiger charge is 2.32. The standard InChI is InChI=1S/C16H23N3O2/c1-11(2)21-14-4-3-8-17-15(14)16(20)19-9-7-12-5-6-13(10-19)18-12/h3-4,8,11-13,18H,5-7,9-10H2,1-2H3. The SMILES string of the molecule is CC(C)Oc1cccnc1C(=O)N1CCC2CCC(C1)N2. The largest absolute Gasteiger partial charge is 0.489 e. The molecule has 1 amide bonds. The van der Waals surface area contributed by atoms with Gasteiger partial charge in [-0.2, -0.15) is 0 Å². The minimum atomic E-state index is -0.0133. The molecule has 3 rings (SSSR count). The van der Waals surface area contributed by atoms with Crippen molar-refractivity contribution in [3.63, 3.8) is 0 Å². The van der Waals surface area contributed by atoms with Crippen LogP contribution in [0.1, 0.15) is 43.6 Å². The summed E-state index contributed by atoms with van der Waals surface area (Å²) in [4.78, 5) is 19.0. The molecule has 2 bridgehead atoms. The molecular weight excluding hydrogens is 266 g/mol. The van der Waals surface area contributed by atoms with Crippen molar-refractivity contribution < 1.29 is 9.53 Å². The predicted octanol–water partition coefficient (Wildman–Crippen LogP) is 1.84. The van der Waals surface area contributed by atoms with Crippen molar-refractivity contribution >= 4 is 5.91 Å². The maximum Gasteiger partial charge on any atom is 0.276 e. The normalized spacial score (nSPS) is 25.0. The highest BCUT2D eigenvalue weighted by molar-refractivity contribution is 5.95. The minimum Gasteiger partial charge on any atom is -0.489 e. The van der Waals surface area contributed by atoms with Crippen LogP contribution in [-0.4, -0.2) is 47.1 Å². The van der Waals surface area contributed by atoms with Crippen molar-refractivity contribution in [3.05, 3.63) is 24.0 Å². The van der Waals surface area contributed by atoms with Crippen LogP contribution in [0.2, 0.25) is 0 Å². The van der Waals surface area contributed by atoms with E-state index in [4.69, 9.17) is 4.74 Å². The molecule has 2 fully saturated rings. The average molecular weight is 289 g/mol. The van der Waals surface area contributed by atoms with Crippen molar-refractivity contribution in [2.45, 2.75) is 51.3 Å². The van der Waals surface area contributed by atoms with Gasteiger partial charge in [-0.1, -0.05) is 0 Å². The summed E-state index contributed by atoms with van der Waals surface area (Å²) in [5, 5.41) is 3.59. The van der Waals surface area contributed by atoms with Crippen molar-refractivity contribution in [1.82, 2.24) is 15.2 Å². The Balaban J connectivity index is 1.78. The van der Waals surface area contributed by atoms with E-state index < -0.39 is 0 Å². The first-order valence-electron chi connectivity index (χ1n) is 7.80. The molecule has 2 saturated heterocycles. The Labute approximate surface area is 125 Å². The molecule has 3 heterocycles. The smallest absolute Gasteiger partial charge is 0.276 e. The Hall–Kier alpha value is -1.62. The molecule has 114 valence electrons. The van der Waals surface area contributed by atoms with Crippen molar-refractivity contribution in [2.75, 3.05) is 13.1 Å². The van der Waals surface area contributed by atoms with Gasteiger partial charge >= 0.3 is 0 Å². The fraction of sp³-hybridized carbons (Fsp3) is 0.625. The van der Waals surface area contributed by atoms with Crippen LogP contribution in [-0.2, 0) is 0 Å². The third kappa shape index (κ3) is 3.18. The summed E-state index contributed by atoms with van der Waals surface area (Å²) in [6.45, 7) is 5.48. The molecular formula is C16H23N3O2. The van der Waals surface area contributed by atoms with Crippen LogP contribution in [0.5, 0.6) is 5.75 Å². The van der Waals surface area contributed by atoms with Gasteiger partial charge in [-0.15, -0.1) is 0 Å². The van der Waals surface area contributed by atoms with E-state index in [1.165, 1.54) is 6.42 Å². The van der Waals surface area contributed by atoms with Crippen LogP contribution in [0, 0.1) is 0 Å². The Morgan fingerprint density at radius 3 is 3.00 bits per heavy atom. The highest BCUT2D eigenvalue weighted by Crippen LogP contribution is 2.24. The molecule has 2 aliphatic rings. The number of amides is 1. The van der Waals surface area contributed by atoms with E-state index in [9.17, 15) is 4.79 Å². The van der Waals surface area contributed by atoms with E-state index in [0.29, 0.717) is 23.5 Å². The fourth-order valence-electron chi connectivity index (χ4n) is 3.18. The molecule has 1 N–H and O–H groups in total. The van der Waals surface area contributed by atoms with E-state index in [-0.39, 0.29) is 12.0 Å². The number of hydrogen-bond donors (Lipinski definition) is 1. The third-order valence-corrected chi connectivity index (χ3v) is 4.15. The summed E-state index contributed by atoms with van der Waals surface area (Å²) in [7, 11) is 0. The number of likely N-dealkylation sites (tertiary alicyclic amines) is 1. The first-order chi connectivity index (χ1) is 10.1. The van der Waals surface area contributed by atoms with Crippen molar-refractivity contribution in [3.8, 4) is 5.75 Å².